The van der Waals surface area contributed by atoms with Crippen LogP contribution in [0.3, 0.4) is 0 Å². The van der Waals surface area contributed by atoms with Crippen LogP contribution in [0.25, 0.3) is 20.2 Å². The van der Waals surface area contributed by atoms with E-state index in [1.54, 1.807) is 59.4 Å². The maximum Gasteiger partial charge on any atom is 0.419 e. The molecule has 0 saturated heterocycles. The molecule has 0 bridgehead atoms. The average Bonchev–Trinajstić information content (AvgIpc) is 3.91. The quantitative estimate of drug-likeness (QED) is 0.0672. The first kappa shape index (κ1) is 32.2. The van der Waals surface area contributed by atoms with E-state index >= 15 is 0 Å². The van der Waals surface area contributed by atoms with Crippen molar-refractivity contribution in [1.82, 2.24) is 10.6 Å². The molecule has 0 radical (unpaired) electrons. The molecule has 0 aliphatic carbocycles. The Morgan fingerprint density at radius 3 is 1.43 bits per heavy atom. The van der Waals surface area contributed by atoms with Crippen LogP contribution < -0.4 is 20.1 Å². The van der Waals surface area contributed by atoms with E-state index in [9.17, 15) is 9.59 Å². The van der Waals surface area contributed by atoms with Gasteiger partial charge in [-0.05, 0) is 82.8 Å². The first-order valence-electron chi connectivity index (χ1n) is 14.6. The van der Waals surface area contributed by atoms with Crippen LogP contribution in [-0.4, -0.2) is 38.5 Å². The lowest BCUT2D eigenvalue weighted by atomic mass is 10.2. The van der Waals surface area contributed by atoms with E-state index in [-0.39, 0.29) is 12.8 Å². The largest absolute Gasteiger partial charge is 0.483 e. The lowest BCUT2D eigenvalue weighted by molar-refractivity contribution is -0.177. The summed E-state index contributed by atoms with van der Waals surface area (Å²) in [5, 5.41) is 16.2. The van der Waals surface area contributed by atoms with Gasteiger partial charge >= 0.3 is 11.9 Å². The summed E-state index contributed by atoms with van der Waals surface area (Å²) in [7, 11) is 3.34. The number of nitrogens with one attached hydrogen (secondary N) is 2. The van der Waals surface area contributed by atoms with E-state index < -0.39 is 36.6 Å². The number of hydrogen-bond acceptors (Lipinski definition) is 12. The van der Waals surface area contributed by atoms with Crippen LogP contribution in [0.2, 0.25) is 0 Å². The molecule has 0 saturated carbocycles. The van der Waals surface area contributed by atoms with Crippen molar-refractivity contribution in [3.05, 3.63) is 104 Å². The molecular weight excluding hydrogens is 661 g/mol. The van der Waals surface area contributed by atoms with Gasteiger partial charge in [-0.25, -0.2) is 9.59 Å². The van der Waals surface area contributed by atoms with Gasteiger partial charge in [-0.1, -0.05) is 36.4 Å². The van der Waals surface area contributed by atoms with Crippen LogP contribution >= 0.6 is 45.3 Å². The van der Waals surface area contributed by atoms with E-state index in [1.165, 1.54) is 0 Å². The molecule has 2 unspecified atom stereocenters. The van der Waals surface area contributed by atoms with Gasteiger partial charge in [0.2, 0.25) is 0 Å². The minimum atomic E-state index is -1.10. The number of ether oxygens (including phenoxy) is 4. The van der Waals surface area contributed by atoms with Crippen molar-refractivity contribution in [1.29, 1.82) is 0 Å². The molecule has 6 rings (SSSR count). The standard InChI is InChI=1S/C34H32N2O6S4/c1-35-29(19-25(27-11-5-15-43-27)39-23-9-3-7-21-13-17-45-31(21)23)41-33(37)34(38)42-30(36-2)20-26(28-12-6-16-44-28)40-24-10-4-8-22-14-18-46-32(22)24/h3-18,25-26,29-30,35-36H,19-20H2,1-2H3/t25-,26-,29?,30?/m0/s1. The zero-order valence-electron chi connectivity index (χ0n) is 25.0. The summed E-state index contributed by atoms with van der Waals surface area (Å²) in [4.78, 5) is 28.0. The molecule has 0 fully saturated rings. The molecule has 0 spiro atoms. The second kappa shape index (κ2) is 15.2. The Labute approximate surface area is 282 Å². The molecule has 4 aromatic heterocycles. The van der Waals surface area contributed by atoms with E-state index in [0.29, 0.717) is 0 Å². The van der Waals surface area contributed by atoms with Crippen LogP contribution in [0, 0.1) is 0 Å². The minimum Gasteiger partial charge on any atom is -0.483 e. The molecular formula is C34H32N2O6S4. The number of carbonyl (C=O) groups is 2. The molecule has 238 valence electrons. The van der Waals surface area contributed by atoms with Crippen LogP contribution in [0.1, 0.15) is 34.8 Å². The lowest BCUT2D eigenvalue weighted by Gasteiger charge is -2.25. The second-order valence-electron chi connectivity index (χ2n) is 10.3. The monoisotopic (exact) mass is 692 g/mol. The van der Waals surface area contributed by atoms with Gasteiger partial charge < -0.3 is 18.9 Å². The molecule has 46 heavy (non-hydrogen) atoms. The normalized spacial score (nSPS) is 14.0. The number of hydrogen-bond donors (Lipinski definition) is 2. The van der Waals surface area contributed by atoms with Crippen molar-refractivity contribution in [3.63, 3.8) is 0 Å². The molecule has 0 aliphatic heterocycles. The molecule has 6 aromatic rings. The maximum absolute atomic E-state index is 13.0. The van der Waals surface area contributed by atoms with Crippen LogP contribution in [-0.2, 0) is 19.1 Å². The Morgan fingerprint density at radius 2 is 1.04 bits per heavy atom. The Kier molecular flexibility index (Phi) is 10.6. The third-order valence-electron chi connectivity index (χ3n) is 7.31. The predicted octanol–water partition coefficient (Wildman–Crippen LogP) is 8.14. The molecule has 12 heteroatoms. The molecule has 2 aromatic carbocycles. The highest BCUT2D eigenvalue weighted by atomic mass is 32.1. The molecule has 0 aliphatic rings. The molecule has 4 atom stereocenters. The predicted molar refractivity (Wildman–Crippen MR) is 186 cm³/mol. The van der Waals surface area contributed by atoms with E-state index in [2.05, 4.69) is 10.6 Å². The summed E-state index contributed by atoms with van der Waals surface area (Å²) in [5.41, 5.74) is 0. The zero-order chi connectivity index (χ0) is 31.9. The van der Waals surface area contributed by atoms with Crippen molar-refractivity contribution in [2.24, 2.45) is 0 Å². The van der Waals surface area contributed by atoms with Gasteiger partial charge in [0, 0.05) is 22.6 Å². The molecule has 4 heterocycles. The summed E-state index contributed by atoms with van der Waals surface area (Å²) in [6.45, 7) is 0. The number of benzene rings is 2. The van der Waals surface area contributed by atoms with E-state index in [4.69, 9.17) is 18.9 Å². The van der Waals surface area contributed by atoms with Gasteiger partial charge in [-0.15, -0.1) is 45.3 Å². The number of thiophene rings is 4. The lowest BCUT2D eigenvalue weighted by Crippen LogP contribution is -2.39. The fourth-order valence-corrected chi connectivity index (χ4v) is 8.26. The van der Waals surface area contributed by atoms with Crippen LogP contribution in [0.15, 0.2) is 94.3 Å². The number of fused-ring (bicyclic) bond motifs is 2. The Balaban J connectivity index is 1.11. The minimum absolute atomic E-state index is 0.274. The summed E-state index contributed by atoms with van der Waals surface area (Å²) < 4.78 is 26.3. The van der Waals surface area contributed by atoms with E-state index in [0.717, 1.165) is 41.4 Å². The fourth-order valence-electron chi connectivity index (χ4n) is 5.01. The fraction of sp³-hybridized carbons (Fsp3) is 0.235. The van der Waals surface area contributed by atoms with Gasteiger partial charge in [0.1, 0.15) is 23.7 Å². The smallest absolute Gasteiger partial charge is 0.419 e. The summed E-state index contributed by atoms with van der Waals surface area (Å²) in [6.07, 6.45) is -1.91. The van der Waals surface area contributed by atoms with Crippen molar-refractivity contribution >= 4 is 77.5 Å². The van der Waals surface area contributed by atoms with Crippen molar-refractivity contribution in [2.75, 3.05) is 14.1 Å². The van der Waals surface area contributed by atoms with Crippen LogP contribution in [0.4, 0.5) is 0 Å². The third kappa shape index (κ3) is 7.60. The first-order chi connectivity index (χ1) is 22.5. The topological polar surface area (TPSA) is 95.1 Å². The van der Waals surface area contributed by atoms with Crippen molar-refractivity contribution < 1.29 is 28.5 Å². The number of esters is 2. The number of rotatable bonds is 14. The summed E-state index contributed by atoms with van der Waals surface area (Å²) >= 11 is 6.32. The van der Waals surface area contributed by atoms with Gasteiger partial charge in [-0.3, -0.25) is 10.6 Å². The maximum atomic E-state index is 13.0. The van der Waals surface area contributed by atoms with Gasteiger partial charge in [0.05, 0.1) is 9.40 Å². The highest BCUT2D eigenvalue weighted by Gasteiger charge is 2.30. The Hall–Kier alpha value is -3.78. The van der Waals surface area contributed by atoms with Gasteiger partial charge in [-0.2, -0.15) is 0 Å². The molecule has 8 nitrogen and oxygen atoms in total. The second-order valence-corrected chi connectivity index (χ2v) is 14.1. The molecule has 0 amide bonds. The van der Waals surface area contributed by atoms with Crippen molar-refractivity contribution in [2.45, 2.75) is 37.5 Å². The van der Waals surface area contributed by atoms with Crippen molar-refractivity contribution in [3.8, 4) is 11.5 Å². The van der Waals surface area contributed by atoms with Crippen LogP contribution in [0.5, 0.6) is 11.5 Å². The van der Waals surface area contributed by atoms with Gasteiger partial charge in [0.25, 0.3) is 0 Å². The Morgan fingerprint density at radius 1 is 0.587 bits per heavy atom. The highest BCUT2D eigenvalue weighted by Crippen LogP contribution is 2.37. The van der Waals surface area contributed by atoms with E-state index in [1.807, 2.05) is 94.3 Å². The number of carbonyl (C=O) groups excluding carboxylic acids is 2. The average molecular weight is 693 g/mol. The Bertz CT molecular complexity index is 1730. The van der Waals surface area contributed by atoms with Gasteiger partial charge in [0.15, 0.2) is 12.5 Å². The summed E-state index contributed by atoms with van der Waals surface area (Å²) in [5.74, 6) is -0.689. The molecule has 2 N–H and O–H groups in total. The summed E-state index contributed by atoms with van der Waals surface area (Å²) in [6, 6.07) is 23.8. The highest BCUT2D eigenvalue weighted by molar-refractivity contribution is 7.18. The SMILES string of the molecule is CNC(C[C@H](Oc1cccc2ccsc12)c1cccs1)OC(=O)C(=O)OC(C[C@H](Oc1cccc2ccsc12)c1cccs1)NC. The third-order valence-corrected chi connectivity index (χ3v) is 11.1. The zero-order valence-corrected chi connectivity index (χ0v) is 28.3. The first-order valence-corrected chi connectivity index (χ1v) is 18.1.